The van der Waals surface area contributed by atoms with Crippen LogP contribution in [0.15, 0.2) is 48.5 Å². The first kappa shape index (κ1) is 21.4. The molecule has 2 rings (SSSR count). The van der Waals surface area contributed by atoms with Crippen molar-refractivity contribution in [3.05, 3.63) is 59.9 Å². The summed E-state index contributed by atoms with van der Waals surface area (Å²) in [6.45, 7) is 1.16. The fourth-order valence-corrected chi connectivity index (χ4v) is 2.39. The number of benzene rings is 2. The van der Waals surface area contributed by atoms with Crippen LogP contribution in [0.2, 0.25) is 0 Å². The predicted molar refractivity (Wildman–Crippen MR) is 97.2 cm³/mol. The maximum absolute atomic E-state index is 13.6. The lowest BCUT2D eigenvalue weighted by Crippen LogP contribution is -2.43. The van der Waals surface area contributed by atoms with Gasteiger partial charge in [0.1, 0.15) is 5.82 Å². The maximum atomic E-state index is 13.6. The second-order valence-corrected chi connectivity index (χ2v) is 6.15. The van der Waals surface area contributed by atoms with Gasteiger partial charge < -0.3 is 10.6 Å². The van der Waals surface area contributed by atoms with Crippen LogP contribution < -0.4 is 10.6 Å². The Labute approximate surface area is 159 Å². The van der Waals surface area contributed by atoms with Gasteiger partial charge in [0, 0.05) is 0 Å². The van der Waals surface area contributed by atoms with E-state index in [1.165, 1.54) is 49.2 Å². The largest absolute Gasteiger partial charge is 0.418 e. The molecule has 2 aromatic carbocycles. The Morgan fingerprint density at radius 1 is 1.00 bits per heavy atom. The van der Waals surface area contributed by atoms with E-state index < -0.39 is 35.4 Å². The third kappa shape index (κ3) is 5.53. The molecule has 0 aliphatic carbocycles. The summed E-state index contributed by atoms with van der Waals surface area (Å²) in [5, 5.41) is 4.62. The molecule has 0 aliphatic heterocycles. The van der Waals surface area contributed by atoms with Crippen molar-refractivity contribution in [1.82, 2.24) is 4.90 Å². The van der Waals surface area contributed by atoms with Crippen molar-refractivity contribution in [3.63, 3.8) is 0 Å². The quantitative estimate of drug-likeness (QED) is 0.730. The van der Waals surface area contributed by atoms with Gasteiger partial charge in [-0.3, -0.25) is 14.5 Å². The van der Waals surface area contributed by atoms with E-state index in [-0.39, 0.29) is 17.9 Å². The number of para-hydroxylation sites is 2. The lowest BCUT2D eigenvalue weighted by molar-refractivity contribution is -0.137. The molecule has 150 valence electrons. The molecular formula is C19H19F4N3O2. The van der Waals surface area contributed by atoms with Crippen molar-refractivity contribution in [2.75, 3.05) is 24.2 Å². The second kappa shape index (κ2) is 8.83. The van der Waals surface area contributed by atoms with Crippen LogP contribution in [-0.4, -0.2) is 36.3 Å². The molecule has 1 atom stereocenters. The summed E-state index contributed by atoms with van der Waals surface area (Å²) < 4.78 is 52.6. The molecule has 0 aliphatic rings. The zero-order chi connectivity index (χ0) is 20.9. The number of likely N-dealkylation sites (N-methyl/N-ethyl adjacent to an activating group) is 1. The number of alkyl halides is 3. The summed E-state index contributed by atoms with van der Waals surface area (Å²) in [4.78, 5) is 25.7. The van der Waals surface area contributed by atoms with E-state index in [1.54, 1.807) is 6.07 Å². The average Bonchev–Trinajstić information content (AvgIpc) is 2.62. The number of carbonyl (C=O) groups is 2. The molecular weight excluding hydrogens is 378 g/mol. The number of rotatable bonds is 6. The Morgan fingerprint density at radius 2 is 1.57 bits per heavy atom. The third-order valence-corrected chi connectivity index (χ3v) is 4.07. The van der Waals surface area contributed by atoms with Gasteiger partial charge in [0.25, 0.3) is 0 Å². The highest BCUT2D eigenvalue weighted by atomic mass is 19.4. The number of hydrogen-bond donors (Lipinski definition) is 2. The molecule has 0 fully saturated rings. The smallest absolute Gasteiger partial charge is 0.324 e. The van der Waals surface area contributed by atoms with Gasteiger partial charge in [-0.05, 0) is 38.2 Å². The fourth-order valence-electron chi connectivity index (χ4n) is 2.39. The molecule has 9 heteroatoms. The first-order valence-corrected chi connectivity index (χ1v) is 8.31. The summed E-state index contributed by atoms with van der Waals surface area (Å²) in [6, 6.07) is 9.39. The van der Waals surface area contributed by atoms with Gasteiger partial charge in [0.05, 0.1) is 29.5 Å². The fraction of sp³-hybridized carbons (Fsp3) is 0.263. The van der Waals surface area contributed by atoms with Gasteiger partial charge in [0.15, 0.2) is 0 Å². The second-order valence-electron chi connectivity index (χ2n) is 6.15. The Bertz CT molecular complexity index is 855. The SMILES string of the molecule is C[C@@H](C(=O)Nc1ccccc1F)N(C)CC(=O)Nc1ccccc1C(F)(F)F. The summed E-state index contributed by atoms with van der Waals surface area (Å²) in [6.07, 6.45) is -4.61. The Kier molecular flexibility index (Phi) is 6.74. The number of halogens is 4. The molecule has 2 N–H and O–H groups in total. The number of anilines is 2. The maximum Gasteiger partial charge on any atom is 0.418 e. The third-order valence-electron chi connectivity index (χ3n) is 4.07. The molecule has 0 bridgehead atoms. The van der Waals surface area contributed by atoms with E-state index in [1.807, 2.05) is 0 Å². The molecule has 0 unspecified atom stereocenters. The lowest BCUT2D eigenvalue weighted by atomic mass is 10.1. The minimum absolute atomic E-state index is 0.00342. The Balaban J connectivity index is 1.99. The average molecular weight is 397 g/mol. The van der Waals surface area contributed by atoms with Crippen LogP contribution in [0.3, 0.4) is 0 Å². The zero-order valence-corrected chi connectivity index (χ0v) is 15.2. The van der Waals surface area contributed by atoms with Gasteiger partial charge in [-0.2, -0.15) is 13.2 Å². The van der Waals surface area contributed by atoms with Crippen molar-refractivity contribution in [1.29, 1.82) is 0 Å². The number of hydrogen-bond acceptors (Lipinski definition) is 3. The van der Waals surface area contributed by atoms with Gasteiger partial charge in [0.2, 0.25) is 11.8 Å². The minimum atomic E-state index is -4.61. The number of carbonyl (C=O) groups excluding carboxylic acids is 2. The zero-order valence-electron chi connectivity index (χ0n) is 15.2. The van der Waals surface area contributed by atoms with Crippen LogP contribution in [0.1, 0.15) is 12.5 Å². The van der Waals surface area contributed by atoms with Crippen molar-refractivity contribution < 1.29 is 27.2 Å². The first-order valence-electron chi connectivity index (χ1n) is 8.31. The van der Waals surface area contributed by atoms with Crippen molar-refractivity contribution in [3.8, 4) is 0 Å². The van der Waals surface area contributed by atoms with Crippen molar-refractivity contribution >= 4 is 23.2 Å². The van der Waals surface area contributed by atoms with Crippen molar-refractivity contribution in [2.45, 2.75) is 19.1 Å². The van der Waals surface area contributed by atoms with Crippen molar-refractivity contribution in [2.24, 2.45) is 0 Å². The monoisotopic (exact) mass is 397 g/mol. The van der Waals surface area contributed by atoms with Gasteiger partial charge >= 0.3 is 6.18 Å². The molecule has 2 aromatic rings. The lowest BCUT2D eigenvalue weighted by Gasteiger charge is -2.23. The molecule has 2 amide bonds. The molecule has 0 heterocycles. The Morgan fingerprint density at radius 3 is 2.18 bits per heavy atom. The molecule has 0 saturated carbocycles. The highest BCUT2D eigenvalue weighted by molar-refractivity contribution is 5.96. The van der Waals surface area contributed by atoms with Crippen LogP contribution in [0.5, 0.6) is 0 Å². The molecule has 0 aromatic heterocycles. The van der Waals surface area contributed by atoms with E-state index in [4.69, 9.17) is 0 Å². The predicted octanol–water partition coefficient (Wildman–Crippen LogP) is 3.74. The minimum Gasteiger partial charge on any atom is -0.324 e. The van der Waals surface area contributed by atoms with Crippen LogP contribution >= 0.6 is 0 Å². The molecule has 0 spiro atoms. The van der Waals surface area contributed by atoms with E-state index in [9.17, 15) is 27.2 Å². The molecule has 0 saturated heterocycles. The highest BCUT2D eigenvalue weighted by Crippen LogP contribution is 2.34. The standard InChI is InChI=1S/C19H19F4N3O2/c1-12(18(28)25-16-10-6-4-8-14(16)20)26(2)11-17(27)24-15-9-5-3-7-13(15)19(21,22)23/h3-10,12H,11H2,1-2H3,(H,24,27)(H,25,28)/t12-/m0/s1. The topological polar surface area (TPSA) is 61.4 Å². The molecule has 5 nitrogen and oxygen atoms in total. The van der Waals surface area contributed by atoms with Crippen LogP contribution in [0, 0.1) is 5.82 Å². The van der Waals surface area contributed by atoms with Gasteiger partial charge in [-0.1, -0.05) is 24.3 Å². The number of nitrogens with one attached hydrogen (secondary N) is 2. The van der Waals surface area contributed by atoms with Gasteiger partial charge in [-0.15, -0.1) is 0 Å². The summed E-state index contributed by atoms with van der Waals surface area (Å²) in [5.41, 5.74) is -1.33. The highest BCUT2D eigenvalue weighted by Gasteiger charge is 2.33. The normalized spacial score (nSPS) is 12.5. The van der Waals surface area contributed by atoms with E-state index >= 15 is 0 Å². The van der Waals surface area contributed by atoms with Crippen LogP contribution in [0.4, 0.5) is 28.9 Å². The van der Waals surface area contributed by atoms with E-state index in [2.05, 4.69) is 10.6 Å². The van der Waals surface area contributed by atoms with Crippen LogP contribution in [-0.2, 0) is 15.8 Å². The van der Waals surface area contributed by atoms with Crippen LogP contribution in [0.25, 0.3) is 0 Å². The molecule has 28 heavy (non-hydrogen) atoms. The number of nitrogens with zero attached hydrogens (tertiary/aromatic N) is 1. The van der Waals surface area contributed by atoms with E-state index in [0.29, 0.717) is 0 Å². The Hall–Kier alpha value is -2.94. The first-order chi connectivity index (χ1) is 13.1. The van der Waals surface area contributed by atoms with Gasteiger partial charge in [-0.25, -0.2) is 4.39 Å². The summed E-state index contributed by atoms with van der Waals surface area (Å²) in [7, 11) is 1.46. The number of amides is 2. The summed E-state index contributed by atoms with van der Waals surface area (Å²) >= 11 is 0. The van der Waals surface area contributed by atoms with E-state index in [0.717, 1.165) is 12.1 Å². The molecule has 0 radical (unpaired) electrons. The summed E-state index contributed by atoms with van der Waals surface area (Å²) in [5.74, 6) is -1.88.